The molecule has 1 heterocycles. The maximum Gasteiger partial charge on any atom is 0.242 e. The molecule has 1 unspecified atom stereocenters. The van der Waals surface area contributed by atoms with Gasteiger partial charge in [0.25, 0.3) is 0 Å². The molecule has 5 nitrogen and oxygen atoms in total. The van der Waals surface area contributed by atoms with E-state index in [4.69, 9.17) is 10.5 Å². The first-order chi connectivity index (χ1) is 9.39. The summed E-state index contributed by atoms with van der Waals surface area (Å²) in [6.45, 7) is 3.73. The van der Waals surface area contributed by atoms with Gasteiger partial charge in [0.05, 0.1) is 11.5 Å². The van der Waals surface area contributed by atoms with Gasteiger partial charge in [-0.1, -0.05) is 0 Å². The van der Waals surface area contributed by atoms with Crippen molar-refractivity contribution in [1.29, 1.82) is 0 Å². The summed E-state index contributed by atoms with van der Waals surface area (Å²) in [6, 6.07) is 4.92. The van der Waals surface area contributed by atoms with Gasteiger partial charge >= 0.3 is 0 Å². The van der Waals surface area contributed by atoms with E-state index in [9.17, 15) is 8.42 Å². The SMILES string of the molecule is Cc1cc(N)cc(S(=O)(=O)N(C)CC2CCCOC2)c1. The molecule has 1 atom stereocenters. The Balaban J connectivity index is 2.15. The van der Waals surface area contributed by atoms with E-state index in [1.165, 1.54) is 10.4 Å². The number of nitrogen functional groups attached to an aromatic ring is 1. The fraction of sp³-hybridized carbons (Fsp3) is 0.571. The topological polar surface area (TPSA) is 72.6 Å². The van der Waals surface area contributed by atoms with Gasteiger partial charge in [-0.05, 0) is 49.4 Å². The molecule has 2 rings (SSSR count). The summed E-state index contributed by atoms with van der Waals surface area (Å²) in [6.07, 6.45) is 2.01. The predicted octanol–water partition coefficient (Wildman–Crippen LogP) is 1.62. The molecule has 0 bridgehead atoms. The molecule has 0 aromatic heterocycles. The molecule has 1 fully saturated rings. The van der Waals surface area contributed by atoms with E-state index in [0.29, 0.717) is 18.8 Å². The van der Waals surface area contributed by atoms with Gasteiger partial charge in [-0.25, -0.2) is 12.7 Å². The molecule has 20 heavy (non-hydrogen) atoms. The lowest BCUT2D eigenvalue weighted by Gasteiger charge is -2.26. The van der Waals surface area contributed by atoms with Gasteiger partial charge in [0, 0.05) is 25.9 Å². The van der Waals surface area contributed by atoms with E-state index in [1.807, 2.05) is 6.92 Å². The summed E-state index contributed by atoms with van der Waals surface area (Å²) < 4.78 is 31.9. The Morgan fingerprint density at radius 1 is 1.40 bits per heavy atom. The zero-order valence-corrected chi connectivity index (χ0v) is 12.8. The second-order valence-corrected chi connectivity index (χ2v) is 7.49. The van der Waals surface area contributed by atoms with Gasteiger partial charge in [-0.15, -0.1) is 0 Å². The standard InChI is InChI=1S/C14H22N2O3S/c1-11-6-13(15)8-14(7-11)20(17,18)16(2)9-12-4-3-5-19-10-12/h6-8,12H,3-5,9-10,15H2,1-2H3. The maximum absolute atomic E-state index is 12.5. The highest BCUT2D eigenvalue weighted by molar-refractivity contribution is 7.89. The van der Waals surface area contributed by atoms with Crippen molar-refractivity contribution in [3.05, 3.63) is 23.8 Å². The molecule has 1 aliphatic rings. The minimum Gasteiger partial charge on any atom is -0.399 e. The minimum atomic E-state index is -3.49. The smallest absolute Gasteiger partial charge is 0.242 e. The van der Waals surface area contributed by atoms with Gasteiger partial charge in [0.15, 0.2) is 0 Å². The largest absolute Gasteiger partial charge is 0.399 e. The van der Waals surface area contributed by atoms with E-state index < -0.39 is 10.0 Å². The summed E-state index contributed by atoms with van der Waals surface area (Å²) in [5, 5.41) is 0. The van der Waals surface area contributed by atoms with Crippen LogP contribution in [0.3, 0.4) is 0 Å². The molecular weight excluding hydrogens is 276 g/mol. The highest BCUT2D eigenvalue weighted by Crippen LogP contribution is 2.22. The van der Waals surface area contributed by atoms with Crippen LogP contribution in [0.5, 0.6) is 0 Å². The average molecular weight is 298 g/mol. The lowest BCUT2D eigenvalue weighted by Crippen LogP contribution is -2.35. The third-order valence-corrected chi connectivity index (χ3v) is 5.35. The van der Waals surface area contributed by atoms with Crippen LogP contribution in [-0.2, 0) is 14.8 Å². The number of benzene rings is 1. The normalized spacial score (nSPS) is 20.2. The minimum absolute atomic E-state index is 0.259. The molecule has 1 aliphatic heterocycles. The summed E-state index contributed by atoms with van der Waals surface area (Å²) >= 11 is 0. The molecule has 0 radical (unpaired) electrons. The van der Waals surface area contributed by atoms with Crippen LogP contribution < -0.4 is 5.73 Å². The maximum atomic E-state index is 12.5. The van der Waals surface area contributed by atoms with E-state index in [2.05, 4.69) is 0 Å². The number of sulfonamides is 1. The molecule has 0 aliphatic carbocycles. The second kappa shape index (κ2) is 6.11. The van der Waals surface area contributed by atoms with Crippen LogP contribution >= 0.6 is 0 Å². The van der Waals surface area contributed by atoms with Crippen molar-refractivity contribution in [2.24, 2.45) is 5.92 Å². The fourth-order valence-electron chi connectivity index (χ4n) is 2.52. The molecule has 6 heteroatoms. The van der Waals surface area contributed by atoms with Crippen LogP contribution in [0.15, 0.2) is 23.1 Å². The average Bonchev–Trinajstić information content (AvgIpc) is 2.38. The Hall–Kier alpha value is -1.11. The van der Waals surface area contributed by atoms with Gasteiger partial charge in [0.1, 0.15) is 0 Å². The van der Waals surface area contributed by atoms with Crippen LogP contribution in [0.2, 0.25) is 0 Å². The van der Waals surface area contributed by atoms with E-state index in [-0.39, 0.29) is 10.8 Å². The van der Waals surface area contributed by atoms with Crippen molar-refractivity contribution >= 4 is 15.7 Å². The fourth-order valence-corrected chi connectivity index (χ4v) is 3.91. The number of nitrogens with two attached hydrogens (primary N) is 1. The summed E-state index contributed by atoms with van der Waals surface area (Å²) in [5.41, 5.74) is 7.05. The molecule has 112 valence electrons. The number of nitrogens with zero attached hydrogens (tertiary/aromatic N) is 1. The highest BCUT2D eigenvalue weighted by atomic mass is 32.2. The van der Waals surface area contributed by atoms with Crippen molar-refractivity contribution in [3.63, 3.8) is 0 Å². The van der Waals surface area contributed by atoms with Gasteiger partial charge in [-0.2, -0.15) is 0 Å². The number of hydrogen-bond donors (Lipinski definition) is 1. The lowest BCUT2D eigenvalue weighted by atomic mass is 10.0. The second-order valence-electron chi connectivity index (χ2n) is 5.45. The van der Waals surface area contributed by atoms with Crippen molar-refractivity contribution in [2.75, 3.05) is 32.5 Å². The third-order valence-electron chi connectivity index (χ3n) is 3.55. The first-order valence-electron chi connectivity index (χ1n) is 6.81. The number of rotatable bonds is 4. The van der Waals surface area contributed by atoms with E-state index >= 15 is 0 Å². The zero-order valence-electron chi connectivity index (χ0n) is 12.0. The van der Waals surface area contributed by atoms with Crippen molar-refractivity contribution in [2.45, 2.75) is 24.7 Å². The Bertz CT molecular complexity index is 546. The number of hydrogen-bond acceptors (Lipinski definition) is 4. The Kier molecular flexibility index (Phi) is 4.67. The quantitative estimate of drug-likeness (QED) is 0.857. The molecule has 2 N–H and O–H groups in total. The predicted molar refractivity (Wildman–Crippen MR) is 79.0 cm³/mol. The third kappa shape index (κ3) is 3.50. The molecule has 1 aromatic carbocycles. The van der Waals surface area contributed by atoms with Crippen molar-refractivity contribution in [3.8, 4) is 0 Å². The molecule has 0 saturated carbocycles. The summed E-state index contributed by atoms with van der Waals surface area (Å²) in [7, 11) is -1.87. The molecule has 0 spiro atoms. The molecular formula is C14H22N2O3S. The Morgan fingerprint density at radius 3 is 2.75 bits per heavy atom. The Labute approximate surface area is 120 Å². The van der Waals surface area contributed by atoms with Crippen LogP contribution in [-0.4, -0.2) is 39.5 Å². The first kappa shape index (κ1) is 15.3. The van der Waals surface area contributed by atoms with E-state index in [0.717, 1.165) is 25.0 Å². The monoisotopic (exact) mass is 298 g/mol. The molecule has 1 saturated heterocycles. The van der Waals surface area contributed by atoms with Crippen LogP contribution in [0.4, 0.5) is 5.69 Å². The number of ether oxygens (including phenoxy) is 1. The van der Waals surface area contributed by atoms with Crippen LogP contribution in [0, 0.1) is 12.8 Å². The zero-order chi connectivity index (χ0) is 14.8. The van der Waals surface area contributed by atoms with Gasteiger partial charge in [-0.3, -0.25) is 0 Å². The highest BCUT2D eigenvalue weighted by Gasteiger charge is 2.25. The Morgan fingerprint density at radius 2 is 2.15 bits per heavy atom. The molecule has 0 amide bonds. The van der Waals surface area contributed by atoms with Crippen molar-refractivity contribution in [1.82, 2.24) is 4.31 Å². The van der Waals surface area contributed by atoms with Crippen LogP contribution in [0.25, 0.3) is 0 Å². The van der Waals surface area contributed by atoms with Gasteiger partial charge < -0.3 is 10.5 Å². The number of aryl methyl sites for hydroxylation is 1. The first-order valence-corrected chi connectivity index (χ1v) is 8.25. The summed E-state index contributed by atoms with van der Waals surface area (Å²) in [5.74, 6) is 0.269. The summed E-state index contributed by atoms with van der Waals surface area (Å²) in [4.78, 5) is 0.259. The number of anilines is 1. The lowest BCUT2D eigenvalue weighted by molar-refractivity contribution is 0.0495. The molecule has 1 aromatic rings. The van der Waals surface area contributed by atoms with E-state index in [1.54, 1.807) is 19.2 Å². The van der Waals surface area contributed by atoms with Gasteiger partial charge in [0.2, 0.25) is 10.0 Å². The van der Waals surface area contributed by atoms with Crippen molar-refractivity contribution < 1.29 is 13.2 Å². The van der Waals surface area contributed by atoms with Crippen LogP contribution in [0.1, 0.15) is 18.4 Å².